The number of aromatic nitrogens is 1. The van der Waals surface area contributed by atoms with Crippen LogP contribution in [0.2, 0.25) is 0 Å². The van der Waals surface area contributed by atoms with Gasteiger partial charge in [-0.3, -0.25) is 9.78 Å². The molecule has 0 saturated heterocycles. The Morgan fingerprint density at radius 3 is 2.75 bits per heavy atom. The molecular formula is C17H16N2O5. The summed E-state index contributed by atoms with van der Waals surface area (Å²) in [5.41, 5.74) is 2.19. The van der Waals surface area contributed by atoms with E-state index in [0.29, 0.717) is 23.2 Å². The van der Waals surface area contributed by atoms with Crippen LogP contribution >= 0.6 is 0 Å². The highest BCUT2D eigenvalue weighted by molar-refractivity contribution is 5.94. The van der Waals surface area contributed by atoms with Gasteiger partial charge in [-0.1, -0.05) is 13.0 Å². The molecule has 0 aliphatic rings. The fourth-order valence-corrected chi connectivity index (χ4v) is 2.43. The predicted molar refractivity (Wildman–Crippen MR) is 88.1 cm³/mol. The minimum Gasteiger partial charge on any atom is -0.504 e. The lowest BCUT2D eigenvalue weighted by atomic mass is 10.00. The summed E-state index contributed by atoms with van der Waals surface area (Å²) in [6.45, 7) is 1.76. The molecule has 7 heteroatoms. The molecular weight excluding hydrogens is 312 g/mol. The maximum Gasteiger partial charge on any atom is 0.417 e. The van der Waals surface area contributed by atoms with Crippen molar-refractivity contribution in [1.82, 2.24) is 4.98 Å². The van der Waals surface area contributed by atoms with Gasteiger partial charge >= 0.3 is 5.76 Å². The van der Waals surface area contributed by atoms with Crippen LogP contribution in [0, 0.1) is 5.92 Å². The van der Waals surface area contributed by atoms with Crippen molar-refractivity contribution in [2.45, 2.75) is 13.3 Å². The average Bonchev–Trinajstić information content (AvgIpc) is 2.90. The Morgan fingerprint density at radius 1 is 1.21 bits per heavy atom. The molecule has 2 aromatic carbocycles. The van der Waals surface area contributed by atoms with Crippen molar-refractivity contribution in [1.29, 1.82) is 0 Å². The number of benzene rings is 2. The zero-order valence-corrected chi connectivity index (χ0v) is 12.9. The summed E-state index contributed by atoms with van der Waals surface area (Å²) in [6.07, 6.45) is 0.404. The van der Waals surface area contributed by atoms with Crippen LogP contribution in [-0.4, -0.2) is 21.1 Å². The maximum atomic E-state index is 12.3. The molecule has 1 aromatic heterocycles. The normalized spacial score (nSPS) is 12.2. The minimum atomic E-state index is -0.547. The van der Waals surface area contributed by atoms with Crippen LogP contribution in [0.4, 0.5) is 5.69 Å². The Balaban J connectivity index is 1.70. The second-order valence-corrected chi connectivity index (χ2v) is 5.64. The van der Waals surface area contributed by atoms with E-state index in [1.54, 1.807) is 31.2 Å². The van der Waals surface area contributed by atoms with E-state index in [0.717, 1.165) is 5.56 Å². The topological polar surface area (TPSA) is 116 Å². The number of carbonyl (C=O) groups excluding carboxylic acids is 1. The molecule has 1 atom stereocenters. The van der Waals surface area contributed by atoms with E-state index >= 15 is 0 Å². The largest absolute Gasteiger partial charge is 0.504 e. The van der Waals surface area contributed by atoms with Gasteiger partial charge in [-0.2, -0.15) is 0 Å². The van der Waals surface area contributed by atoms with Crippen molar-refractivity contribution < 1.29 is 19.4 Å². The number of aromatic amines is 1. The number of aromatic hydroxyl groups is 2. The Morgan fingerprint density at radius 2 is 2.00 bits per heavy atom. The van der Waals surface area contributed by atoms with Crippen molar-refractivity contribution in [3.05, 3.63) is 52.5 Å². The van der Waals surface area contributed by atoms with Crippen molar-refractivity contribution >= 4 is 22.7 Å². The van der Waals surface area contributed by atoms with E-state index in [1.165, 1.54) is 12.1 Å². The van der Waals surface area contributed by atoms with Crippen molar-refractivity contribution in [3.8, 4) is 11.5 Å². The molecule has 4 N–H and O–H groups in total. The molecule has 0 bridgehead atoms. The molecule has 0 fully saturated rings. The maximum absolute atomic E-state index is 12.3. The monoisotopic (exact) mass is 328 g/mol. The second-order valence-electron chi connectivity index (χ2n) is 5.64. The molecule has 3 aromatic rings. The number of phenols is 2. The zero-order chi connectivity index (χ0) is 17.3. The molecule has 0 saturated carbocycles. The Labute approximate surface area is 136 Å². The van der Waals surface area contributed by atoms with E-state index in [4.69, 9.17) is 4.42 Å². The molecule has 0 aliphatic carbocycles. The smallest absolute Gasteiger partial charge is 0.417 e. The number of oxazole rings is 1. The fourth-order valence-electron chi connectivity index (χ4n) is 2.43. The van der Waals surface area contributed by atoms with Gasteiger partial charge in [0.25, 0.3) is 0 Å². The van der Waals surface area contributed by atoms with E-state index < -0.39 is 5.76 Å². The number of amides is 1. The number of hydrogen-bond acceptors (Lipinski definition) is 5. The van der Waals surface area contributed by atoms with Crippen molar-refractivity contribution in [3.63, 3.8) is 0 Å². The highest BCUT2D eigenvalue weighted by Crippen LogP contribution is 2.26. The third-order valence-corrected chi connectivity index (χ3v) is 3.72. The number of phenolic OH excluding ortho intramolecular Hbond substituents is 2. The lowest BCUT2D eigenvalue weighted by Crippen LogP contribution is -2.22. The molecule has 1 unspecified atom stereocenters. The van der Waals surface area contributed by atoms with Gasteiger partial charge in [0.1, 0.15) is 0 Å². The third kappa shape index (κ3) is 3.24. The highest BCUT2D eigenvalue weighted by atomic mass is 16.4. The lowest BCUT2D eigenvalue weighted by Gasteiger charge is -2.12. The van der Waals surface area contributed by atoms with Crippen LogP contribution in [-0.2, 0) is 11.2 Å². The summed E-state index contributed by atoms with van der Waals surface area (Å²) in [5.74, 6) is -1.53. The number of H-pyrrole nitrogens is 1. The molecule has 7 nitrogen and oxygen atoms in total. The Kier molecular flexibility index (Phi) is 3.99. The molecule has 3 rings (SSSR count). The number of nitrogens with one attached hydrogen (secondary N) is 2. The molecule has 1 heterocycles. The number of carbonyl (C=O) groups is 1. The van der Waals surface area contributed by atoms with E-state index in [-0.39, 0.29) is 23.3 Å². The van der Waals surface area contributed by atoms with Gasteiger partial charge in [-0.15, -0.1) is 0 Å². The molecule has 0 radical (unpaired) electrons. The second kappa shape index (κ2) is 6.11. The van der Waals surface area contributed by atoms with Crippen LogP contribution in [0.1, 0.15) is 12.5 Å². The molecule has 1 amide bonds. The van der Waals surface area contributed by atoms with Gasteiger partial charge in [0.2, 0.25) is 5.91 Å². The van der Waals surface area contributed by atoms with E-state index in [9.17, 15) is 19.8 Å². The van der Waals surface area contributed by atoms with Gasteiger partial charge < -0.3 is 19.9 Å². The van der Waals surface area contributed by atoms with Crippen LogP contribution in [0.3, 0.4) is 0 Å². The quantitative estimate of drug-likeness (QED) is 0.549. The van der Waals surface area contributed by atoms with Crippen LogP contribution in [0.5, 0.6) is 11.5 Å². The fraction of sp³-hybridized carbons (Fsp3) is 0.176. The highest BCUT2D eigenvalue weighted by Gasteiger charge is 2.15. The minimum absolute atomic E-state index is 0.197. The summed E-state index contributed by atoms with van der Waals surface area (Å²) in [6, 6.07) is 9.36. The molecule has 124 valence electrons. The summed E-state index contributed by atoms with van der Waals surface area (Å²) < 4.78 is 4.96. The van der Waals surface area contributed by atoms with Gasteiger partial charge in [0.05, 0.1) is 5.52 Å². The first-order chi connectivity index (χ1) is 11.4. The van der Waals surface area contributed by atoms with Gasteiger partial charge in [0.15, 0.2) is 17.1 Å². The average molecular weight is 328 g/mol. The van der Waals surface area contributed by atoms with Gasteiger partial charge in [-0.05, 0) is 36.2 Å². The lowest BCUT2D eigenvalue weighted by molar-refractivity contribution is -0.119. The SMILES string of the molecule is CC(Cc1ccc(O)c(O)c1)C(=O)Nc1ccc2[nH]c(=O)oc2c1. The molecule has 0 spiro atoms. The first-order valence-corrected chi connectivity index (χ1v) is 7.37. The Hall–Kier alpha value is -3.22. The zero-order valence-electron chi connectivity index (χ0n) is 12.9. The van der Waals surface area contributed by atoms with Crippen LogP contribution in [0.25, 0.3) is 11.1 Å². The molecule has 0 aliphatic heterocycles. The van der Waals surface area contributed by atoms with Crippen molar-refractivity contribution in [2.75, 3.05) is 5.32 Å². The Bertz CT molecular complexity index is 957. The summed E-state index contributed by atoms with van der Waals surface area (Å²) in [4.78, 5) is 25.9. The number of rotatable bonds is 4. The first kappa shape index (κ1) is 15.7. The van der Waals surface area contributed by atoms with Gasteiger partial charge in [-0.25, -0.2) is 4.79 Å². The predicted octanol–water partition coefficient (Wildman–Crippen LogP) is 2.35. The van der Waals surface area contributed by atoms with E-state index in [1.807, 2.05) is 0 Å². The van der Waals surface area contributed by atoms with Crippen molar-refractivity contribution in [2.24, 2.45) is 5.92 Å². The van der Waals surface area contributed by atoms with Crippen LogP contribution < -0.4 is 11.1 Å². The number of hydrogen-bond donors (Lipinski definition) is 4. The molecule has 24 heavy (non-hydrogen) atoms. The summed E-state index contributed by atoms with van der Waals surface area (Å²) in [7, 11) is 0. The summed E-state index contributed by atoms with van der Waals surface area (Å²) >= 11 is 0. The standard InChI is InChI=1S/C17H16N2O5/c1-9(6-10-2-5-13(20)14(21)7-10)16(22)18-11-3-4-12-15(8-11)24-17(23)19-12/h2-5,7-9,20-21H,6H2,1H3,(H,18,22)(H,19,23). The number of fused-ring (bicyclic) bond motifs is 1. The van der Waals surface area contributed by atoms with Gasteiger partial charge in [0, 0.05) is 17.7 Å². The number of anilines is 1. The van der Waals surface area contributed by atoms with E-state index in [2.05, 4.69) is 10.3 Å². The summed E-state index contributed by atoms with van der Waals surface area (Å²) in [5, 5.41) is 21.6. The van der Waals surface area contributed by atoms with Crippen LogP contribution in [0.15, 0.2) is 45.6 Å². The first-order valence-electron chi connectivity index (χ1n) is 7.37. The third-order valence-electron chi connectivity index (χ3n) is 3.72.